The first-order valence-electron chi connectivity index (χ1n) is 15.0. The van der Waals surface area contributed by atoms with Crippen molar-refractivity contribution in [3.63, 3.8) is 0 Å². The number of hydrogen-bond acceptors (Lipinski definition) is 10. The molecule has 15 heteroatoms. The first-order chi connectivity index (χ1) is 22.9. The predicted octanol–water partition coefficient (Wildman–Crippen LogP) is 5.92. The van der Waals surface area contributed by atoms with E-state index in [1.165, 1.54) is 30.3 Å². The third-order valence-corrected chi connectivity index (χ3v) is 8.40. The lowest BCUT2D eigenvalue weighted by atomic mass is 10.0. The van der Waals surface area contributed by atoms with Crippen LogP contribution < -0.4 is 10.1 Å². The molecule has 3 heterocycles. The number of rotatable bonds is 8. The number of phenolic OH excluding ortho intramolecular Hbond substituents is 1. The van der Waals surface area contributed by atoms with E-state index in [1.54, 1.807) is 53.5 Å². The number of phenols is 1. The summed E-state index contributed by atoms with van der Waals surface area (Å²) in [5.41, 5.74) is 1.70. The number of fused-ring (bicyclic) bond motifs is 1. The number of aromatic nitrogens is 4. The zero-order chi connectivity index (χ0) is 34.2. The second kappa shape index (κ2) is 13.4. The van der Waals surface area contributed by atoms with Gasteiger partial charge in [-0.3, -0.25) is 9.69 Å². The largest absolute Gasteiger partial charge is 0.508 e. The van der Waals surface area contributed by atoms with Crippen molar-refractivity contribution >= 4 is 35.6 Å². The molecule has 250 valence electrons. The van der Waals surface area contributed by atoms with Gasteiger partial charge in [-0.1, -0.05) is 24.9 Å². The van der Waals surface area contributed by atoms with Crippen LogP contribution in [-0.4, -0.2) is 78.1 Å². The topological polar surface area (TPSA) is 112 Å². The van der Waals surface area contributed by atoms with Crippen molar-refractivity contribution in [3.8, 4) is 28.8 Å². The molecule has 1 aliphatic heterocycles. The molecule has 48 heavy (non-hydrogen) atoms. The number of ether oxygens (including phenoxy) is 1. The average molecular weight is 679 g/mol. The Hall–Kier alpha value is -4.70. The van der Waals surface area contributed by atoms with Gasteiger partial charge in [0.15, 0.2) is 17.0 Å². The van der Waals surface area contributed by atoms with Crippen molar-refractivity contribution in [2.75, 3.05) is 38.5 Å². The highest BCUT2D eigenvalue weighted by Crippen LogP contribution is 2.35. The van der Waals surface area contributed by atoms with E-state index in [0.717, 1.165) is 6.07 Å². The number of hydrogen-bond donors (Lipinski definition) is 3. The van der Waals surface area contributed by atoms with Gasteiger partial charge in [-0.15, -0.1) is 0 Å². The standard InChI is InChI=1S/C33H33F3N8O3S/c1-20-4-11-25(47-32-28-30(41(2)19-37-28)39-29(40-32)21-6-9-24(45)10-7-21)17-26(20)31(46)38-23-8-5-22(27(16-23)33(34,35)36)18-43-12-14-44(15-13-43)42(3)48/h4-11,16-17,19,45,48H,12-15,18H2,1-3H3,(H,38,46). The van der Waals surface area contributed by atoms with Gasteiger partial charge in [0.1, 0.15) is 11.5 Å². The lowest BCUT2D eigenvalue weighted by Crippen LogP contribution is -2.49. The Labute approximate surface area is 280 Å². The molecule has 6 rings (SSSR count). The van der Waals surface area contributed by atoms with Crippen molar-refractivity contribution in [1.82, 2.24) is 33.8 Å². The Morgan fingerprint density at radius 2 is 1.77 bits per heavy atom. The molecule has 1 fully saturated rings. The molecule has 1 amide bonds. The average Bonchev–Trinajstić information content (AvgIpc) is 3.43. The van der Waals surface area contributed by atoms with E-state index in [9.17, 15) is 23.1 Å². The van der Waals surface area contributed by atoms with Gasteiger partial charge in [0.25, 0.3) is 11.8 Å². The van der Waals surface area contributed by atoms with Crippen molar-refractivity contribution in [2.24, 2.45) is 7.05 Å². The minimum atomic E-state index is -4.61. The Morgan fingerprint density at radius 1 is 1.04 bits per heavy atom. The molecular formula is C33H33F3N8O3S. The monoisotopic (exact) mass is 678 g/mol. The van der Waals surface area contributed by atoms with Gasteiger partial charge in [0, 0.05) is 63.6 Å². The van der Waals surface area contributed by atoms with Gasteiger partial charge in [-0.05, 0) is 66.6 Å². The molecule has 2 N–H and O–H groups in total. The number of benzene rings is 3. The number of nitrogens with zero attached hydrogens (tertiary/aromatic N) is 7. The molecule has 5 aromatic rings. The maximum atomic E-state index is 14.2. The summed E-state index contributed by atoms with van der Waals surface area (Å²) in [6.45, 7) is 4.35. The Morgan fingerprint density at radius 3 is 2.46 bits per heavy atom. The number of aromatic hydroxyl groups is 1. The van der Waals surface area contributed by atoms with E-state index in [-0.39, 0.29) is 40.7 Å². The minimum Gasteiger partial charge on any atom is -0.508 e. The van der Waals surface area contributed by atoms with Crippen molar-refractivity contribution in [2.45, 2.75) is 19.6 Å². The maximum Gasteiger partial charge on any atom is 0.416 e. The normalized spacial score (nSPS) is 14.5. The molecule has 0 unspecified atom stereocenters. The van der Waals surface area contributed by atoms with Crippen molar-refractivity contribution in [3.05, 3.63) is 89.2 Å². The van der Waals surface area contributed by atoms with E-state index in [0.29, 0.717) is 54.3 Å². The molecule has 1 aliphatic rings. The first-order valence-corrected chi connectivity index (χ1v) is 15.4. The molecular weight excluding hydrogens is 645 g/mol. The second-order valence-electron chi connectivity index (χ2n) is 11.5. The minimum absolute atomic E-state index is 0.0212. The van der Waals surface area contributed by atoms with Crippen LogP contribution in [0.4, 0.5) is 18.9 Å². The molecule has 0 bridgehead atoms. The fraction of sp³-hybridized carbons (Fsp3) is 0.273. The molecule has 1 saturated heterocycles. The predicted molar refractivity (Wildman–Crippen MR) is 178 cm³/mol. The quantitative estimate of drug-likeness (QED) is 0.172. The van der Waals surface area contributed by atoms with E-state index in [4.69, 9.17) is 4.74 Å². The number of aryl methyl sites for hydroxylation is 2. The molecule has 0 radical (unpaired) electrons. The van der Waals surface area contributed by atoms with Gasteiger partial charge in [-0.2, -0.15) is 22.6 Å². The molecule has 0 spiro atoms. The highest BCUT2D eigenvalue weighted by Gasteiger charge is 2.34. The van der Waals surface area contributed by atoms with Crippen molar-refractivity contribution < 1.29 is 27.8 Å². The molecule has 0 saturated carbocycles. The molecule has 0 atom stereocenters. The van der Waals surface area contributed by atoms with E-state index < -0.39 is 17.6 Å². The number of halogens is 3. The summed E-state index contributed by atoms with van der Waals surface area (Å²) in [7, 11) is 3.59. The second-order valence-corrected chi connectivity index (χ2v) is 12.1. The Bertz CT molecular complexity index is 1960. The number of thiol groups is 1. The van der Waals surface area contributed by atoms with Crippen LogP contribution in [-0.2, 0) is 19.8 Å². The third-order valence-electron chi connectivity index (χ3n) is 8.15. The summed E-state index contributed by atoms with van der Waals surface area (Å²) in [6.07, 6.45) is -3.04. The zero-order valence-corrected chi connectivity index (χ0v) is 27.3. The molecule has 11 nitrogen and oxygen atoms in total. The van der Waals surface area contributed by atoms with Gasteiger partial charge in [0.05, 0.1) is 11.9 Å². The molecule has 3 aromatic carbocycles. The SMILES string of the molecule is Cc1ccc(Oc2nc(-c3ccc(O)cc3)nc3c2ncn3C)cc1C(=O)Nc1ccc(CN2CCN(N(C)S)CC2)c(C(F)(F)F)c1. The fourth-order valence-corrected chi connectivity index (χ4v) is 5.67. The Balaban J connectivity index is 1.23. The Kier molecular flexibility index (Phi) is 9.29. The summed E-state index contributed by atoms with van der Waals surface area (Å²) in [5, 5.41) is 14.3. The lowest BCUT2D eigenvalue weighted by molar-refractivity contribution is -0.138. The smallest absolute Gasteiger partial charge is 0.416 e. The summed E-state index contributed by atoms with van der Waals surface area (Å²) >= 11 is 4.29. The number of alkyl halides is 3. The zero-order valence-electron chi connectivity index (χ0n) is 26.4. The van der Waals surface area contributed by atoms with E-state index in [2.05, 4.69) is 33.1 Å². The van der Waals surface area contributed by atoms with Crippen LogP contribution in [0.15, 0.2) is 67.0 Å². The summed E-state index contributed by atoms with van der Waals surface area (Å²) in [6, 6.07) is 15.1. The summed E-state index contributed by atoms with van der Waals surface area (Å²) in [4.78, 5) is 28.9. The van der Waals surface area contributed by atoms with Gasteiger partial charge in [-0.25, -0.2) is 15.0 Å². The van der Waals surface area contributed by atoms with Crippen LogP contribution in [0.1, 0.15) is 27.0 Å². The maximum absolute atomic E-state index is 14.2. The van der Waals surface area contributed by atoms with E-state index >= 15 is 0 Å². The number of hydrazine groups is 1. The van der Waals surface area contributed by atoms with Crippen LogP contribution in [0.3, 0.4) is 0 Å². The van der Waals surface area contributed by atoms with Crippen LogP contribution in [0.5, 0.6) is 17.4 Å². The first kappa shape index (κ1) is 33.2. The number of carbonyl (C=O) groups excluding carboxylic acids is 1. The lowest BCUT2D eigenvalue weighted by Gasteiger charge is -2.37. The van der Waals surface area contributed by atoms with Crippen LogP contribution >= 0.6 is 12.8 Å². The van der Waals surface area contributed by atoms with Gasteiger partial charge >= 0.3 is 6.18 Å². The van der Waals surface area contributed by atoms with Crippen LogP contribution in [0, 0.1) is 6.92 Å². The molecule has 2 aromatic heterocycles. The van der Waals surface area contributed by atoms with Gasteiger partial charge in [0.2, 0.25) is 0 Å². The molecule has 0 aliphatic carbocycles. The highest BCUT2D eigenvalue weighted by molar-refractivity contribution is 7.77. The summed E-state index contributed by atoms with van der Waals surface area (Å²) in [5.74, 6) is 0.246. The number of carbonyl (C=O) groups is 1. The number of nitrogens with one attached hydrogen (secondary N) is 1. The number of anilines is 1. The highest BCUT2D eigenvalue weighted by atomic mass is 32.1. The number of amides is 1. The third kappa shape index (κ3) is 7.23. The summed E-state index contributed by atoms with van der Waals surface area (Å²) < 4.78 is 52.1. The van der Waals surface area contributed by atoms with Crippen LogP contribution in [0.2, 0.25) is 0 Å². The van der Waals surface area contributed by atoms with Crippen molar-refractivity contribution in [1.29, 1.82) is 0 Å². The number of piperazine rings is 1. The van der Waals surface area contributed by atoms with Gasteiger partial charge < -0.3 is 19.7 Å². The van der Waals surface area contributed by atoms with E-state index in [1.807, 2.05) is 17.0 Å². The number of imidazole rings is 1. The van der Waals surface area contributed by atoms with Crippen LogP contribution in [0.25, 0.3) is 22.6 Å². The fourth-order valence-electron chi connectivity index (χ4n) is 5.49.